The molecule has 1 heterocycles. The molecule has 2 unspecified atom stereocenters. The van der Waals surface area contributed by atoms with E-state index < -0.39 is 0 Å². The molecule has 0 aromatic heterocycles. The van der Waals surface area contributed by atoms with E-state index in [2.05, 4.69) is 5.32 Å². The Morgan fingerprint density at radius 3 is 2.60 bits per heavy atom. The molecule has 0 fully saturated rings. The van der Waals surface area contributed by atoms with Gasteiger partial charge in [-0.05, 0) is 37.0 Å². The second-order valence-electron chi connectivity index (χ2n) is 6.68. The lowest BCUT2D eigenvalue weighted by atomic mass is 9.89. The topological polar surface area (TPSA) is 49.4 Å². The molecule has 1 aliphatic heterocycles. The van der Waals surface area contributed by atoms with Gasteiger partial charge in [-0.3, -0.25) is 9.59 Å². The van der Waals surface area contributed by atoms with Gasteiger partial charge in [0, 0.05) is 25.1 Å². The fourth-order valence-electron chi connectivity index (χ4n) is 3.29. The van der Waals surface area contributed by atoms with E-state index in [1.54, 1.807) is 4.90 Å². The first-order valence-corrected chi connectivity index (χ1v) is 8.75. The quantitative estimate of drug-likeness (QED) is 0.903. The van der Waals surface area contributed by atoms with Crippen LogP contribution in [0.1, 0.15) is 36.9 Å². The second-order valence-corrected chi connectivity index (χ2v) is 6.68. The van der Waals surface area contributed by atoms with Crippen LogP contribution in [-0.2, 0) is 16.0 Å². The first-order chi connectivity index (χ1) is 12.1. The van der Waals surface area contributed by atoms with Crippen LogP contribution in [-0.4, -0.2) is 23.8 Å². The number of fused-ring (bicyclic) bond motifs is 1. The molecule has 3 rings (SSSR count). The molecule has 0 spiro atoms. The number of nitrogens with one attached hydrogen (secondary N) is 1. The number of hydrogen-bond donors (Lipinski definition) is 1. The lowest BCUT2D eigenvalue weighted by molar-refractivity contribution is -0.132. The first kappa shape index (κ1) is 17.2. The number of amides is 2. The van der Waals surface area contributed by atoms with Crippen LogP contribution in [0.2, 0.25) is 0 Å². The van der Waals surface area contributed by atoms with Gasteiger partial charge in [0.05, 0.1) is 6.04 Å². The Morgan fingerprint density at radius 1 is 1.16 bits per heavy atom. The van der Waals surface area contributed by atoms with E-state index >= 15 is 0 Å². The summed E-state index contributed by atoms with van der Waals surface area (Å²) in [6, 6.07) is 17.9. The van der Waals surface area contributed by atoms with Crippen molar-refractivity contribution in [1.82, 2.24) is 4.90 Å². The van der Waals surface area contributed by atoms with Crippen molar-refractivity contribution >= 4 is 17.5 Å². The molecule has 1 aliphatic rings. The number of nitrogens with zero attached hydrogens (tertiary/aromatic N) is 1. The fraction of sp³-hybridized carbons (Fsp3) is 0.333. The van der Waals surface area contributed by atoms with Crippen LogP contribution in [0.5, 0.6) is 0 Å². The summed E-state index contributed by atoms with van der Waals surface area (Å²) in [7, 11) is 1.83. The minimum atomic E-state index is -0.140. The van der Waals surface area contributed by atoms with E-state index in [0.717, 1.165) is 16.8 Å². The summed E-state index contributed by atoms with van der Waals surface area (Å²) in [5.74, 6) is -0.0486. The minimum absolute atomic E-state index is 0.0188. The van der Waals surface area contributed by atoms with Gasteiger partial charge < -0.3 is 10.2 Å². The van der Waals surface area contributed by atoms with Crippen molar-refractivity contribution in [2.45, 2.75) is 32.2 Å². The number of carbonyl (C=O) groups excluding carboxylic acids is 2. The van der Waals surface area contributed by atoms with Gasteiger partial charge in [0.15, 0.2) is 0 Å². The highest BCUT2D eigenvalue weighted by molar-refractivity contribution is 5.96. The van der Waals surface area contributed by atoms with E-state index in [9.17, 15) is 9.59 Å². The van der Waals surface area contributed by atoms with Gasteiger partial charge in [0.2, 0.25) is 11.8 Å². The molecule has 4 heteroatoms. The Morgan fingerprint density at radius 2 is 1.84 bits per heavy atom. The third-order valence-electron chi connectivity index (χ3n) is 5.08. The maximum absolute atomic E-state index is 12.5. The van der Waals surface area contributed by atoms with Crippen LogP contribution < -0.4 is 5.32 Å². The summed E-state index contributed by atoms with van der Waals surface area (Å²) >= 11 is 0. The van der Waals surface area contributed by atoms with Crippen molar-refractivity contribution in [3.63, 3.8) is 0 Å². The molecule has 2 atom stereocenters. The molecular formula is C21H24N2O2. The van der Waals surface area contributed by atoms with Gasteiger partial charge in [0.25, 0.3) is 0 Å². The van der Waals surface area contributed by atoms with Gasteiger partial charge in [0.1, 0.15) is 0 Å². The highest BCUT2D eigenvalue weighted by atomic mass is 16.2. The third-order valence-corrected chi connectivity index (χ3v) is 5.08. The molecule has 0 saturated heterocycles. The van der Waals surface area contributed by atoms with E-state index in [1.165, 1.54) is 0 Å². The molecule has 2 amide bonds. The molecule has 2 aromatic rings. The Hall–Kier alpha value is -2.62. The van der Waals surface area contributed by atoms with E-state index in [-0.39, 0.29) is 23.8 Å². The van der Waals surface area contributed by atoms with Gasteiger partial charge in [-0.2, -0.15) is 0 Å². The lowest BCUT2D eigenvalue weighted by Gasteiger charge is -2.27. The Kier molecular flexibility index (Phi) is 5.17. The van der Waals surface area contributed by atoms with Crippen LogP contribution >= 0.6 is 0 Å². The molecule has 25 heavy (non-hydrogen) atoms. The Balaban J connectivity index is 1.58. The minimum Gasteiger partial charge on any atom is -0.339 e. The zero-order valence-electron chi connectivity index (χ0n) is 14.7. The summed E-state index contributed by atoms with van der Waals surface area (Å²) in [4.78, 5) is 26.6. The van der Waals surface area contributed by atoms with Crippen molar-refractivity contribution < 1.29 is 9.59 Å². The smallest absolute Gasteiger partial charge is 0.227 e. The van der Waals surface area contributed by atoms with Crippen molar-refractivity contribution in [3.05, 3.63) is 65.7 Å². The number of hydrogen-bond acceptors (Lipinski definition) is 2. The standard InChI is InChI=1S/C21H24N2O2/c1-15(16-8-4-3-5-9-16)23(2)20(24)13-12-18-14-17-10-6-7-11-19(17)22-21(18)25/h3-11,15,18H,12-14H2,1-2H3,(H,22,25). The first-order valence-electron chi connectivity index (χ1n) is 8.75. The van der Waals surface area contributed by atoms with Crippen molar-refractivity contribution in [2.24, 2.45) is 5.92 Å². The number of anilines is 1. The Bertz CT molecular complexity index is 758. The van der Waals surface area contributed by atoms with Crippen LogP contribution in [0.25, 0.3) is 0 Å². The lowest BCUT2D eigenvalue weighted by Crippen LogP contribution is -2.33. The zero-order chi connectivity index (χ0) is 17.8. The summed E-state index contributed by atoms with van der Waals surface area (Å²) in [6.45, 7) is 2.02. The number of rotatable bonds is 5. The SMILES string of the molecule is CC(c1ccccc1)N(C)C(=O)CCC1Cc2ccccc2NC1=O. The van der Waals surface area contributed by atoms with Gasteiger partial charge in [-0.15, -0.1) is 0 Å². The molecule has 130 valence electrons. The molecule has 4 nitrogen and oxygen atoms in total. The summed E-state index contributed by atoms with van der Waals surface area (Å²) in [5, 5.41) is 2.95. The maximum Gasteiger partial charge on any atom is 0.227 e. The van der Waals surface area contributed by atoms with Crippen molar-refractivity contribution in [2.75, 3.05) is 12.4 Å². The molecule has 0 saturated carbocycles. The highest BCUT2D eigenvalue weighted by Crippen LogP contribution is 2.28. The number of benzene rings is 2. The molecule has 0 bridgehead atoms. The van der Waals surface area contributed by atoms with Gasteiger partial charge in [-0.1, -0.05) is 48.5 Å². The zero-order valence-corrected chi connectivity index (χ0v) is 14.7. The van der Waals surface area contributed by atoms with Crippen molar-refractivity contribution in [3.8, 4) is 0 Å². The monoisotopic (exact) mass is 336 g/mol. The maximum atomic E-state index is 12.5. The summed E-state index contributed by atoms with van der Waals surface area (Å²) in [6.07, 6.45) is 1.66. The molecular weight excluding hydrogens is 312 g/mol. The van der Waals surface area contributed by atoms with Crippen LogP contribution in [0.4, 0.5) is 5.69 Å². The van der Waals surface area contributed by atoms with Crippen LogP contribution in [0.15, 0.2) is 54.6 Å². The molecule has 0 aliphatic carbocycles. The van der Waals surface area contributed by atoms with Gasteiger partial charge >= 0.3 is 0 Å². The van der Waals surface area contributed by atoms with Gasteiger partial charge in [-0.25, -0.2) is 0 Å². The number of para-hydroxylation sites is 1. The van der Waals surface area contributed by atoms with E-state index in [0.29, 0.717) is 19.3 Å². The largest absolute Gasteiger partial charge is 0.339 e. The van der Waals surface area contributed by atoms with Crippen LogP contribution in [0, 0.1) is 5.92 Å². The van der Waals surface area contributed by atoms with Crippen LogP contribution in [0.3, 0.4) is 0 Å². The van der Waals surface area contributed by atoms with E-state index in [4.69, 9.17) is 0 Å². The molecule has 0 radical (unpaired) electrons. The Labute approximate surface area is 148 Å². The third kappa shape index (κ3) is 3.90. The predicted octanol–water partition coefficient (Wildman–Crippen LogP) is 3.80. The average molecular weight is 336 g/mol. The number of carbonyl (C=O) groups is 2. The normalized spacial score (nSPS) is 17.4. The average Bonchev–Trinajstić information content (AvgIpc) is 2.65. The predicted molar refractivity (Wildman–Crippen MR) is 99.1 cm³/mol. The highest BCUT2D eigenvalue weighted by Gasteiger charge is 2.27. The molecule has 1 N–H and O–H groups in total. The second kappa shape index (κ2) is 7.51. The molecule has 2 aromatic carbocycles. The van der Waals surface area contributed by atoms with Crippen molar-refractivity contribution in [1.29, 1.82) is 0 Å². The summed E-state index contributed by atoms with van der Waals surface area (Å²) < 4.78 is 0. The summed E-state index contributed by atoms with van der Waals surface area (Å²) in [5.41, 5.74) is 3.15. The van der Waals surface area contributed by atoms with E-state index in [1.807, 2.05) is 68.6 Å². The fourth-order valence-corrected chi connectivity index (χ4v) is 3.29.